The molecule has 0 aromatic carbocycles. The molecule has 1 aromatic heterocycles. The SMILES string of the molecule is CC(=O)N1CCC[C@H](c2nnc(C(=O)N3CCC(C)CC3)o2)[C@@H]1C. The molecule has 7 heteroatoms. The third-order valence-electron chi connectivity index (χ3n) is 5.40. The second-order valence-corrected chi connectivity index (χ2v) is 7.12. The number of hydrogen-bond acceptors (Lipinski definition) is 5. The number of aromatic nitrogens is 2. The van der Waals surface area contributed by atoms with Crippen molar-refractivity contribution < 1.29 is 14.0 Å². The van der Waals surface area contributed by atoms with Gasteiger partial charge in [-0.25, -0.2) is 0 Å². The molecule has 132 valence electrons. The zero-order chi connectivity index (χ0) is 17.3. The first-order valence-corrected chi connectivity index (χ1v) is 8.87. The average Bonchev–Trinajstić information content (AvgIpc) is 3.04. The van der Waals surface area contributed by atoms with Gasteiger partial charge in [0.1, 0.15) is 0 Å². The van der Waals surface area contributed by atoms with Gasteiger partial charge < -0.3 is 14.2 Å². The highest BCUT2D eigenvalue weighted by atomic mass is 16.4. The van der Waals surface area contributed by atoms with E-state index in [0.717, 1.165) is 45.3 Å². The summed E-state index contributed by atoms with van der Waals surface area (Å²) in [6.45, 7) is 8.05. The molecule has 0 bridgehead atoms. The third kappa shape index (κ3) is 3.30. The van der Waals surface area contributed by atoms with Crippen LogP contribution < -0.4 is 0 Å². The maximum Gasteiger partial charge on any atom is 0.311 e. The lowest BCUT2D eigenvalue weighted by Crippen LogP contribution is -2.44. The van der Waals surface area contributed by atoms with Gasteiger partial charge in [-0.3, -0.25) is 9.59 Å². The predicted molar refractivity (Wildman–Crippen MR) is 87.4 cm³/mol. The Bertz CT molecular complexity index is 607. The number of nitrogens with zero attached hydrogens (tertiary/aromatic N) is 4. The van der Waals surface area contributed by atoms with Gasteiger partial charge in [0.15, 0.2) is 0 Å². The Morgan fingerprint density at radius 1 is 1.08 bits per heavy atom. The second-order valence-electron chi connectivity index (χ2n) is 7.12. The fourth-order valence-corrected chi connectivity index (χ4v) is 3.74. The van der Waals surface area contributed by atoms with Gasteiger partial charge in [0.25, 0.3) is 0 Å². The highest BCUT2D eigenvalue weighted by Gasteiger charge is 2.35. The molecule has 2 atom stereocenters. The van der Waals surface area contributed by atoms with E-state index < -0.39 is 0 Å². The van der Waals surface area contributed by atoms with Crippen LogP contribution in [0.3, 0.4) is 0 Å². The van der Waals surface area contributed by atoms with Crippen molar-refractivity contribution in [1.82, 2.24) is 20.0 Å². The van der Waals surface area contributed by atoms with Crippen LogP contribution in [0.4, 0.5) is 0 Å². The summed E-state index contributed by atoms with van der Waals surface area (Å²) in [6.07, 6.45) is 3.83. The Morgan fingerprint density at radius 3 is 2.46 bits per heavy atom. The smallest absolute Gasteiger partial charge is 0.311 e. The van der Waals surface area contributed by atoms with Crippen molar-refractivity contribution >= 4 is 11.8 Å². The van der Waals surface area contributed by atoms with Crippen molar-refractivity contribution in [2.45, 2.75) is 58.4 Å². The van der Waals surface area contributed by atoms with Gasteiger partial charge in [-0.05, 0) is 38.5 Å². The van der Waals surface area contributed by atoms with Crippen molar-refractivity contribution in [3.63, 3.8) is 0 Å². The van der Waals surface area contributed by atoms with Crippen LogP contribution in [0.1, 0.15) is 68.9 Å². The molecule has 0 spiro atoms. The van der Waals surface area contributed by atoms with Crippen molar-refractivity contribution in [3.8, 4) is 0 Å². The summed E-state index contributed by atoms with van der Waals surface area (Å²) in [5.41, 5.74) is 0. The fraction of sp³-hybridized carbons (Fsp3) is 0.765. The van der Waals surface area contributed by atoms with Crippen LogP contribution in [0.25, 0.3) is 0 Å². The highest BCUT2D eigenvalue weighted by Crippen LogP contribution is 2.32. The first-order chi connectivity index (χ1) is 11.5. The largest absolute Gasteiger partial charge is 0.417 e. The second kappa shape index (κ2) is 6.91. The number of carbonyl (C=O) groups is 2. The number of likely N-dealkylation sites (tertiary alicyclic amines) is 2. The summed E-state index contributed by atoms with van der Waals surface area (Å²) in [5.74, 6) is 1.10. The molecular weight excluding hydrogens is 308 g/mol. The quantitative estimate of drug-likeness (QED) is 0.827. The Morgan fingerprint density at radius 2 is 1.79 bits per heavy atom. The van der Waals surface area contributed by atoms with Crippen LogP contribution in [0.15, 0.2) is 4.42 Å². The van der Waals surface area contributed by atoms with Gasteiger partial charge in [0.05, 0.1) is 5.92 Å². The van der Waals surface area contributed by atoms with Crippen molar-refractivity contribution in [3.05, 3.63) is 11.8 Å². The molecule has 24 heavy (non-hydrogen) atoms. The first kappa shape index (κ1) is 16.9. The van der Waals surface area contributed by atoms with Crippen LogP contribution in [0, 0.1) is 5.92 Å². The molecule has 0 radical (unpaired) electrons. The summed E-state index contributed by atoms with van der Waals surface area (Å²) >= 11 is 0. The van der Waals surface area contributed by atoms with Gasteiger partial charge in [-0.15, -0.1) is 10.2 Å². The van der Waals surface area contributed by atoms with E-state index >= 15 is 0 Å². The molecule has 3 heterocycles. The van der Waals surface area contributed by atoms with E-state index in [1.54, 1.807) is 11.8 Å². The van der Waals surface area contributed by atoms with Gasteiger partial charge in [0.2, 0.25) is 11.8 Å². The molecular formula is C17H26N4O3. The summed E-state index contributed by atoms with van der Waals surface area (Å²) in [7, 11) is 0. The lowest BCUT2D eigenvalue weighted by atomic mass is 9.90. The zero-order valence-electron chi connectivity index (χ0n) is 14.7. The lowest BCUT2D eigenvalue weighted by molar-refractivity contribution is -0.132. The molecule has 2 saturated heterocycles. The number of piperidine rings is 2. The molecule has 0 N–H and O–H groups in total. The minimum Gasteiger partial charge on any atom is -0.417 e. The monoisotopic (exact) mass is 334 g/mol. The van der Waals surface area contributed by atoms with Crippen LogP contribution >= 0.6 is 0 Å². The lowest BCUT2D eigenvalue weighted by Gasteiger charge is -2.37. The summed E-state index contributed by atoms with van der Waals surface area (Å²) < 4.78 is 5.71. The van der Waals surface area contributed by atoms with Crippen LogP contribution in [0.5, 0.6) is 0 Å². The van der Waals surface area contributed by atoms with Gasteiger partial charge >= 0.3 is 11.8 Å². The summed E-state index contributed by atoms with van der Waals surface area (Å²) in [5, 5.41) is 8.09. The van der Waals surface area contributed by atoms with Gasteiger partial charge in [0, 0.05) is 32.6 Å². The average molecular weight is 334 g/mol. The van der Waals surface area contributed by atoms with E-state index in [1.807, 2.05) is 11.8 Å². The molecule has 7 nitrogen and oxygen atoms in total. The number of rotatable bonds is 2. The predicted octanol–water partition coefficient (Wildman–Crippen LogP) is 2.06. The molecule has 2 amide bonds. The minimum atomic E-state index is -0.174. The maximum atomic E-state index is 12.5. The highest BCUT2D eigenvalue weighted by molar-refractivity contribution is 5.89. The Kier molecular flexibility index (Phi) is 4.87. The third-order valence-corrected chi connectivity index (χ3v) is 5.40. The molecule has 2 aliphatic rings. The normalized spacial score (nSPS) is 25.8. The van der Waals surface area contributed by atoms with E-state index in [4.69, 9.17) is 4.42 Å². The number of hydrogen-bond donors (Lipinski definition) is 0. The van der Waals surface area contributed by atoms with Gasteiger partial charge in [-0.2, -0.15) is 0 Å². The first-order valence-electron chi connectivity index (χ1n) is 8.87. The van der Waals surface area contributed by atoms with E-state index in [2.05, 4.69) is 17.1 Å². The summed E-state index contributed by atoms with van der Waals surface area (Å²) in [4.78, 5) is 27.9. The minimum absolute atomic E-state index is 0.00178. The number of amides is 2. The molecule has 2 aliphatic heterocycles. The van der Waals surface area contributed by atoms with Crippen LogP contribution in [-0.4, -0.2) is 57.5 Å². The Labute approximate surface area is 142 Å². The zero-order valence-corrected chi connectivity index (χ0v) is 14.7. The summed E-state index contributed by atoms with van der Waals surface area (Å²) in [6, 6.07) is 0.00971. The molecule has 0 unspecified atom stereocenters. The maximum absolute atomic E-state index is 12.5. The van der Waals surface area contributed by atoms with Crippen molar-refractivity contribution in [2.24, 2.45) is 5.92 Å². The Hall–Kier alpha value is -1.92. The molecule has 0 aliphatic carbocycles. The van der Waals surface area contributed by atoms with Crippen LogP contribution in [0.2, 0.25) is 0 Å². The van der Waals surface area contributed by atoms with E-state index in [-0.39, 0.29) is 29.7 Å². The number of carbonyl (C=O) groups excluding carboxylic acids is 2. The molecule has 2 fully saturated rings. The topological polar surface area (TPSA) is 79.5 Å². The van der Waals surface area contributed by atoms with E-state index in [0.29, 0.717) is 11.8 Å². The van der Waals surface area contributed by atoms with Crippen molar-refractivity contribution in [1.29, 1.82) is 0 Å². The molecule has 3 rings (SSSR count). The molecule has 0 saturated carbocycles. The Balaban J connectivity index is 1.71. The van der Waals surface area contributed by atoms with Crippen LogP contribution in [-0.2, 0) is 4.79 Å². The standard InChI is InChI=1S/C17H26N4O3/c1-11-6-9-20(10-7-11)17(23)16-19-18-15(24-16)14-5-4-8-21(12(14)2)13(3)22/h11-12,14H,4-10H2,1-3H3/t12-,14-/m0/s1. The van der Waals surface area contributed by atoms with E-state index in [1.165, 1.54) is 0 Å². The van der Waals surface area contributed by atoms with E-state index in [9.17, 15) is 9.59 Å². The van der Waals surface area contributed by atoms with Crippen molar-refractivity contribution in [2.75, 3.05) is 19.6 Å². The van der Waals surface area contributed by atoms with Gasteiger partial charge in [-0.1, -0.05) is 6.92 Å². The fourth-order valence-electron chi connectivity index (χ4n) is 3.74. The molecule has 1 aromatic rings.